The molecule has 2 aromatic carbocycles. The summed E-state index contributed by atoms with van der Waals surface area (Å²) in [4.78, 5) is 26.0. The zero-order valence-corrected chi connectivity index (χ0v) is 18.6. The number of benzene rings is 2. The lowest BCUT2D eigenvalue weighted by atomic mass is 9.98. The molecular weight excluding hydrogens is 418 g/mol. The Hall–Kier alpha value is -4.25. The molecule has 4 rings (SSSR count). The third kappa shape index (κ3) is 4.26. The lowest BCUT2D eigenvalue weighted by molar-refractivity contribution is -0.133. The zero-order valence-electron chi connectivity index (χ0n) is 18.6. The van der Waals surface area contributed by atoms with Crippen LogP contribution >= 0.6 is 0 Å². The van der Waals surface area contributed by atoms with Gasteiger partial charge in [-0.3, -0.25) is 9.59 Å². The van der Waals surface area contributed by atoms with Gasteiger partial charge in [-0.15, -0.1) is 0 Å². The first-order valence-electron chi connectivity index (χ1n) is 10.5. The zero-order chi connectivity index (χ0) is 23.5. The molecule has 1 aliphatic rings. The van der Waals surface area contributed by atoms with Gasteiger partial charge >= 0.3 is 0 Å². The summed E-state index contributed by atoms with van der Waals surface area (Å²) in [7, 11) is 1.60. The van der Waals surface area contributed by atoms with Gasteiger partial charge in [0.1, 0.15) is 23.9 Å². The van der Waals surface area contributed by atoms with Crippen LogP contribution in [0, 0.1) is 25.2 Å². The molecule has 8 heteroatoms. The second-order valence-electron chi connectivity index (χ2n) is 7.80. The molecule has 8 nitrogen and oxygen atoms in total. The van der Waals surface area contributed by atoms with Gasteiger partial charge in [-0.05, 0) is 42.7 Å². The van der Waals surface area contributed by atoms with Crippen molar-refractivity contribution in [2.45, 2.75) is 32.9 Å². The molecule has 2 heterocycles. The normalized spacial score (nSPS) is 15.2. The minimum Gasteiger partial charge on any atom is -0.497 e. The van der Waals surface area contributed by atoms with E-state index in [2.05, 4.69) is 10.2 Å². The van der Waals surface area contributed by atoms with Gasteiger partial charge in [0.15, 0.2) is 0 Å². The fraction of sp³-hybridized carbons (Fsp3) is 0.240. The number of nitrogens with zero attached hydrogens (tertiary/aromatic N) is 5. The Morgan fingerprint density at radius 2 is 1.85 bits per heavy atom. The number of hydrogen-bond acceptors (Lipinski definition) is 6. The molecule has 1 amide bonds. The Kier molecular flexibility index (Phi) is 6.05. The number of amides is 1. The van der Waals surface area contributed by atoms with Crippen LogP contribution < -0.4 is 10.3 Å². The highest BCUT2D eigenvalue weighted by atomic mass is 16.5. The predicted octanol–water partition coefficient (Wildman–Crippen LogP) is 3.12. The second-order valence-corrected chi connectivity index (χ2v) is 7.80. The topological polar surface area (TPSA) is 101 Å². The summed E-state index contributed by atoms with van der Waals surface area (Å²) in [5.74, 6) is 0.331. The number of carbonyl (C=O) groups is 1. The molecule has 1 aromatic heterocycles. The number of hydrazone groups is 1. The quantitative estimate of drug-likeness (QED) is 0.606. The smallest absolute Gasteiger partial charge is 0.285 e. The van der Waals surface area contributed by atoms with Crippen LogP contribution in [0.4, 0.5) is 0 Å². The summed E-state index contributed by atoms with van der Waals surface area (Å²) in [5, 5.41) is 19.6. The average molecular weight is 441 g/mol. The van der Waals surface area contributed by atoms with Gasteiger partial charge < -0.3 is 4.74 Å². The molecule has 0 aliphatic carbocycles. The summed E-state index contributed by atoms with van der Waals surface area (Å²) in [6.07, 6.45) is 0.529. The summed E-state index contributed by atoms with van der Waals surface area (Å²) < 4.78 is 6.30. The molecule has 33 heavy (non-hydrogen) atoms. The molecule has 166 valence electrons. The summed E-state index contributed by atoms with van der Waals surface area (Å²) in [5.41, 5.74) is 3.08. The summed E-state index contributed by atoms with van der Waals surface area (Å²) in [6, 6.07) is 18.7. The largest absolute Gasteiger partial charge is 0.497 e. The molecule has 0 fully saturated rings. The van der Waals surface area contributed by atoms with E-state index in [9.17, 15) is 14.9 Å². The van der Waals surface area contributed by atoms with Crippen LogP contribution in [0.15, 0.2) is 64.5 Å². The molecule has 0 bridgehead atoms. The molecule has 0 N–H and O–H groups in total. The molecular formula is C25H23N5O3. The Bertz CT molecular complexity index is 1320. The van der Waals surface area contributed by atoms with Gasteiger partial charge in [-0.1, -0.05) is 42.5 Å². The number of aryl methyl sites for hydroxylation is 1. The average Bonchev–Trinajstić information content (AvgIpc) is 3.29. The van der Waals surface area contributed by atoms with E-state index < -0.39 is 5.56 Å². The first kappa shape index (κ1) is 22.0. The number of aromatic nitrogens is 2. The molecule has 0 unspecified atom stereocenters. The van der Waals surface area contributed by atoms with Crippen LogP contribution in [0.25, 0.3) is 0 Å². The molecule has 0 saturated heterocycles. The third-order valence-corrected chi connectivity index (χ3v) is 5.81. The minimum absolute atomic E-state index is 0.00287. The van der Waals surface area contributed by atoms with Crippen LogP contribution in [-0.4, -0.2) is 33.5 Å². The summed E-state index contributed by atoms with van der Waals surface area (Å²) >= 11 is 0. The maximum absolute atomic E-state index is 13.4. The Balaban J connectivity index is 1.70. The van der Waals surface area contributed by atoms with Gasteiger partial charge in [0.25, 0.3) is 11.5 Å². The van der Waals surface area contributed by atoms with E-state index in [0.717, 1.165) is 21.5 Å². The van der Waals surface area contributed by atoms with Crippen LogP contribution in [0.3, 0.4) is 0 Å². The first-order valence-corrected chi connectivity index (χ1v) is 10.5. The van der Waals surface area contributed by atoms with Crippen LogP contribution in [0.1, 0.15) is 40.4 Å². The van der Waals surface area contributed by atoms with Crippen LogP contribution in [0.2, 0.25) is 0 Å². The van der Waals surface area contributed by atoms with Crippen molar-refractivity contribution in [2.24, 2.45) is 5.10 Å². The maximum atomic E-state index is 13.4. The van der Waals surface area contributed by atoms with Gasteiger partial charge in [-0.2, -0.15) is 15.5 Å². The van der Waals surface area contributed by atoms with E-state index in [4.69, 9.17) is 4.74 Å². The van der Waals surface area contributed by atoms with Gasteiger partial charge in [-0.25, -0.2) is 9.69 Å². The van der Waals surface area contributed by atoms with Crippen molar-refractivity contribution in [3.63, 3.8) is 0 Å². The van der Waals surface area contributed by atoms with Crippen molar-refractivity contribution < 1.29 is 9.53 Å². The monoisotopic (exact) mass is 441 g/mol. The van der Waals surface area contributed by atoms with E-state index in [1.807, 2.05) is 60.7 Å². The van der Waals surface area contributed by atoms with E-state index in [0.29, 0.717) is 23.4 Å². The minimum atomic E-state index is -0.582. The standard InChI is InChI=1S/C25H23N5O3/c1-16-17(2)27-29(25(32)21(16)14-26)15-24(31)30-23(19-9-11-20(33-3)12-10-19)13-22(28-30)18-7-5-4-6-8-18/h4-12,23H,13,15H2,1-3H3/t23-/m1/s1. The van der Waals surface area contributed by atoms with Crippen molar-refractivity contribution >= 4 is 11.6 Å². The lowest BCUT2D eigenvalue weighted by Gasteiger charge is -2.22. The fourth-order valence-corrected chi connectivity index (χ4v) is 3.84. The van der Waals surface area contributed by atoms with Crippen molar-refractivity contribution in [2.75, 3.05) is 7.11 Å². The van der Waals surface area contributed by atoms with E-state index in [-0.39, 0.29) is 24.1 Å². The third-order valence-electron chi connectivity index (χ3n) is 5.81. The van der Waals surface area contributed by atoms with Crippen LogP contribution in [0.5, 0.6) is 5.75 Å². The van der Waals surface area contributed by atoms with Crippen LogP contribution in [-0.2, 0) is 11.3 Å². The number of carbonyl (C=O) groups excluding carboxylic acids is 1. The Labute approximate surface area is 191 Å². The highest BCUT2D eigenvalue weighted by Gasteiger charge is 2.33. The van der Waals surface area contributed by atoms with E-state index in [1.165, 1.54) is 5.01 Å². The van der Waals surface area contributed by atoms with E-state index >= 15 is 0 Å². The maximum Gasteiger partial charge on any atom is 0.285 e. The molecule has 0 radical (unpaired) electrons. The number of nitriles is 1. The van der Waals surface area contributed by atoms with Crippen molar-refractivity contribution in [1.82, 2.24) is 14.8 Å². The van der Waals surface area contributed by atoms with Gasteiger partial charge in [0.05, 0.1) is 24.6 Å². The van der Waals surface area contributed by atoms with Crippen molar-refractivity contribution in [3.8, 4) is 11.8 Å². The first-order chi connectivity index (χ1) is 15.9. The van der Waals surface area contributed by atoms with Gasteiger partial charge in [0, 0.05) is 6.42 Å². The Morgan fingerprint density at radius 3 is 2.48 bits per heavy atom. The SMILES string of the molecule is COc1ccc([C@H]2CC(c3ccccc3)=NN2C(=O)Cn2nc(C)c(C)c(C#N)c2=O)cc1. The van der Waals surface area contributed by atoms with E-state index in [1.54, 1.807) is 21.0 Å². The number of hydrogen-bond donors (Lipinski definition) is 0. The molecule has 1 atom stereocenters. The summed E-state index contributed by atoms with van der Waals surface area (Å²) in [6.45, 7) is 3.07. The highest BCUT2D eigenvalue weighted by Crippen LogP contribution is 2.33. The predicted molar refractivity (Wildman–Crippen MR) is 123 cm³/mol. The lowest BCUT2D eigenvalue weighted by Crippen LogP contribution is -2.36. The molecule has 0 spiro atoms. The number of rotatable bonds is 5. The number of ether oxygens (including phenoxy) is 1. The highest BCUT2D eigenvalue weighted by molar-refractivity contribution is 6.03. The number of methoxy groups -OCH3 is 1. The second kappa shape index (κ2) is 9.09. The fourth-order valence-electron chi connectivity index (χ4n) is 3.84. The molecule has 1 aliphatic heterocycles. The van der Waals surface area contributed by atoms with Crippen molar-refractivity contribution in [3.05, 3.63) is 92.9 Å². The molecule has 0 saturated carbocycles. The molecule has 3 aromatic rings. The Morgan fingerprint density at radius 1 is 1.15 bits per heavy atom. The van der Waals surface area contributed by atoms with Crippen molar-refractivity contribution in [1.29, 1.82) is 5.26 Å². The van der Waals surface area contributed by atoms with Gasteiger partial charge in [0.2, 0.25) is 0 Å².